The number of hydrogen-bond donors (Lipinski definition) is 1. The SMILES string of the molecule is COc1ccc(OC)c(N2CC(C(=O)Nc3cccc(CN4CCCCC4)c3)CC2=O)c1. The molecule has 7 nitrogen and oxygen atoms in total. The van der Waals surface area contributed by atoms with Gasteiger partial charge in [-0.25, -0.2) is 0 Å². The van der Waals surface area contributed by atoms with Crippen LogP contribution in [-0.4, -0.2) is 50.6 Å². The molecule has 7 heteroatoms. The number of hydrogen-bond acceptors (Lipinski definition) is 5. The van der Waals surface area contributed by atoms with E-state index in [9.17, 15) is 9.59 Å². The van der Waals surface area contributed by atoms with Gasteiger partial charge >= 0.3 is 0 Å². The smallest absolute Gasteiger partial charge is 0.229 e. The van der Waals surface area contributed by atoms with Crippen molar-refractivity contribution in [3.05, 3.63) is 48.0 Å². The third-order valence-corrected chi connectivity index (χ3v) is 6.22. The van der Waals surface area contributed by atoms with Crippen LogP contribution >= 0.6 is 0 Å². The lowest BCUT2D eigenvalue weighted by atomic mass is 10.1. The second-order valence-electron chi connectivity index (χ2n) is 8.47. The number of methoxy groups -OCH3 is 2. The van der Waals surface area contributed by atoms with Crippen molar-refractivity contribution in [3.8, 4) is 11.5 Å². The van der Waals surface area contributed by atoms with Crippen LogP contribution in [0.1, 0.15) is 31.2 Å². The van der Waals surface area contributed by atoms with E-state index in [0.717, 1.165) is 25.3 Å². The molecular weight excluding hydrogens is 406 g/mol. The minimum absolute atomic E-state index is 0.101. The van der Waals surface area contributed by atoms with Gasteiger partial charge in [0, 0.05) is 31.3 Å². The van der Waals surface area contributed by atoms with Crippen molar-refractivity contribution in [2.75, 3.05) is 44.1 Å². The monoisotopic (exact) mass is 437 g/mol. The first-order chi connectivity index (χ1) is 15.6. The summed E-state index contributed by atoms with van der Waals surface area (Å²) in [5.41, 5.74) is 2.58. The van der Waals surface area contributed by atoms with Gasteiger partial charge in [-0.1, -0.05) is 18.6 Å². The fourth-order valence-corrected chi connectivity index (χ4v) is 4.49. The van der Waals surface area contributed by atoms with Gasteiger partial charge in [0.1, 0.15) is 11.5 Å². The van der Waals surface area contributed by atoms with Crippen molar-refractivity contribution in [2.45, 2.75) is 32.2 Å². The lowest BCUT2D eigenvalue weighted by Crippen LogP contribution is -2.29. The van der Waals surface area contributed by atoms with Crippen molar-refractivity contribution in [3.63, 3.8) is 0 Å². The molecule has 2 aliphatic heterocycles. The van der Waals surface area contributed by atoms with E-state index in [-0.39, 0.29) is 18.2 Å². The van der Waals surface area contributed by atoms with E-state index in [1.807, 2.05) is 18.2 Å². The number of amides is 2. The van der Waals surface area contributed by atoms with Crippen LogP contribution in [0, 0.1) is 5.92 Å². The number of carbonyl (C=O) groups excluding carboxylic acids is 2. The molecule has 2 saturated heterocycles. The Morgan fingerprint density at radius 3 is 2.62 bits per heavy atom. The summed E-state index contributed by atoms with van der Waals surface area (Å²) in [4.78, 5) is 29.8. The molecule has 0 aliphatic carbocycles. The normalized spacial score (nSPS) is 19.1. The number of nitrogens with one attached hydrogen (secondary N) is 1. The van der Waals surface area contributed by atoms with E-state index in [1.54, 1.807) is 37.3 Å². The molecule has 4 rings (SSSR count). The van der Waals surface area contributed by atoms with Crippen molar-refractivity contribution in [1.82, 2.24) is 4.90 Å². The van der Waals surface area contributed by atoms with Crippen molar-refractivity contribution >= 4 is 23.2 Å². The summed E-state index contributed by atoms with van der Waals surface area (Å²) in [6.45, 7) is 3.46. The Labute approximate surface area is 189 Å². The molecule has 2 fully saturated rings. The van der Waals surface area contributed by atoms with E-state index in [4.69, 9.17) is 9.47 Å². The summed E-state index contributed by atoms with van der Waals surface area (Å²) in [6.07, 6.45) is 3.98. The van der Waals surface area contributed by atoms with Crippen molar-refractivity contribution in [1.29, 1.82) is 0 Å². The Hall–Kier alpha value is -3.06. The number of likely N-dealkylation sites (tertiary alicyclic amines) is 1. The first-order valence-electron chi connectivity index (χ1n) is 11.2. The van der Waals surface area contributed by atoms with E-state index < -0.39 is 5.92 Å². The van der Waals surface area contributed by atoms with Gasteiger partial charge < -0.3 is 19.7 Å². The van der Waals surface area contributed by atoms with E-state index in [0.29, 0.717) is 23.7 Å². The Morgan fingerprint density at radius 1 is 1.06 bits per heavy atom. The van der Waals surface area contributed by atoms with Gasteiger partial charge in [0.05, 0.1) is 25.8 Å². The zero-order valence-electron chi connectivity index (χ0n) is 18.8. The largest absolute Gasteiger partial charge is 0.497 e. The summed E-state index contributed by atoms with van der Waals surface area (Å²) in [6, 6.07) is 13.3. The maximum atomic E-state index is 13.0. The lowest BCUT2D eigenvalue weighted by molar-refractivity contribution is -0.122. The van der Waals surface area contributed by atoms with Gasteiger partial charge in [-0.3, -0.25) is 14.5 Å². The van der Waals surface area contributed by atoms with E-state index >= 15 is 0 Å². The van der Waals surface area contributed by atoms with Crippen LogP contribution in [0.3, 0.4) is 0 Å². The molecule has 2 amide bonds. The fraction of sp³-hybridized carbons (Fsp3) is 0.440. The first kappa shape index (κ1) is 22.1. The molecule has 2 aliphatic rings. The first-order valence-corrected chi connectivity index (χ1v) is 11.2. The lowest BCUT2D eigenvalue weighted by Gasteiger charge is -2.26. The summed E-state index contributed by atoms with van der Waals surface area (Å²) in [5, 5.41) is 3.01. The Kier molecular flexibility index (Phi) is 6.95. The molecule has 0 aromatic heterocycles. The summed E-state index contributed by atoms with van der Waals surface area (Å²) in [5.74, 6) is 0.537. The van der Waals surface area contributed by atoms with Crippen LogP contribution in [0.5, 0.6) is 11.5 Å². The van der Waals surface area contributed by atoms with E-state index in [1.165, 1.54) is 24.8 Å². The molecule has 0 spiro atoms. The fourth-order valence-electron chi connectivity index (χ4n) is 4.49. The van der Waals surface area contributed by atoms with Gasteiger partial charge in [-0.05, 0) is 55.8 Å². The van der Waals surface area contributed by atoms with E-state index in [2.05, 4.69) is 16.3 Å². The molecule has 2 aromatic carbocycles. The van der Waals surface area contributed by atoms with Crippen LogP contribution in [0.4, 0.5) is 11.4 Å². The summed E-state index contributed by atoms with van der Waals surface area (Å²) < 4.78 is 10.7. The average molecular weight is 438 g/mol. The Morgan fingerprint density at radius 2 is 1.88 bits per heavy atom. The number of ether oxygens (including phenoxy) is 2. The minimum atomic E-state index is -0.427. The van der Waals surface area contributed by atoms with Crippen LogP contribution in [0.25, 0.3) is 0 Å². The third-order valence-electron chi connectivity index (χ3n) is 6.22. The van der Waals surface area contributed by atoms with Gasteiger partial charge in [0.25, 0.3) is 0 Å². The molecule has 0 bridgehead atoms. The molecule has 1 unspecified atom stereocenters. The highest BCUT2D eigenvalue weighted by molar-refractivity contribution is 6.04. The molecule has 1 N–H and O–H groups in total. The predicted octanol–water partition coefficient (Wildman–Crippen LogP) is 3.68. The number of piperidine rings is 1. The molecule has 0 saturated carbocycles. The number of benzene rings is 2. The number of rotatable bonds is 7. The van der Waals surface area contributed by atoms with Crippen molar-refractivity contribution in [2.24, 2.45) is 5.92 Å². The summed E-state index contributed by atoms with van der Waals surface area (Å²) >= 11 is 0. The van der Waals surface area contributed by atoms with Gasteiger partial charge in [-0.15, -0.1) is 0 Å². The standard InChI is InChI=1S/C25H31N3O4/c1-31-21-9-10-23(32-2)22(15-21)28-17-19(14-24(28)29)25(30)26-20-8-6-7-18(13-20)16-27-11-4-3-5-12-27/h6-10,13,15,19H,3-5,11-12,14,16-17H2,1-2H3,(H,26,30). The maximum Gasteiger partial charge on any atom is 0.229 e. The van der Waals surface area contributed by atoms with Gasteiger partial charge in [0.2, 0.25) is 11.8 Å². The zero-order chi connectivity index (χ0) is 22.5. The number of carbonyl (C=O) groups is 2. The van der Waals surface area contributed by atoms with Crippen LogP contribution < -0.4 is 19.7 Å². The van der Waals surface area contributed by atoms with Crippen LogP contribution in [-0.2, 0) is 16.1 Å². The van der Waals surface area contributed by atoms with Crippen LogP contribution in [0.2, 0.25) is 0 Å². The third kappa shape index (κ3) is 5.05. The highest BCUT2D eigenvalue weighted by Crippen LogP contribution is 2.36. The van der Waals surface area contributed by atoms with Gasteiger partial charge in [-0.2, -0.15) is 0 Å². The molecule has 170 valence electrons. The zero-order valence-corrected chi connectivity index (χ0v) is 18.8. The second-order valence-corrected chi connectivity index (χ2v) is 8.47. The summed E-state index contributed by atoms with van der Waals surface area (Å²) in [7, 11) is 3.14. The molecular formula is C25H31N3O4. The highest BCUT2D eigenvalue weighted by atomic mass is 16.5. The number of anilines is 2. The van der Waals surface area contributed by atoms with Crippen LogP contribution in [0.15, 0.2) is 42.5 Å². The molecule has 32 heavy (non-hydrogen) atoms. The second kappa shape index (κ2) is 10.0. The minimum Gasteiger partial charge on any atom is -0.497 e. The topological polar surface area (TPSA) is 71.1 Å². The molecule has 2 heterocycles. The van der Waals surface area contributed by atoms with Gasteiger partial charge in [0.15, 0.2) is 0 Å². The predicted molar refractivity (Wildman–Crippen MR) is 124 cm³/mol. The quantitative estimate of drug-likeness (QED) is 0.716. The average Bonchev–Trinajstić information content (AvgIpc) is 3.21. The Bertz CT molecular complexity index is 971. The number of nitrogens with zero attached hydrogens (tertiary/aromatic N) is 2. The molecule has 2 aromatic rings. The molecule has 0 radical (unpaired) electrons. The molecule has 1 atom stereocenters. The van der Waals surface area contributed by atoms with Crippen molar-refractivity contribution < 1.29 is 19.1 Å². The Balaban J connectivity index is 1.42. The maximum absolute atomic E-state index is 13.0. The highest BCUT2D eigenvalue weighted by Gasteiger charge is 2.36.